The van der Waals surface area contributed by atoms with Crippen molar-refractivity contribution in [3.05, 3.63) is 47.3 Å². The predicted octanol–water partition coefficient (Wildman–Crippen LogP) is 2.03. The molecule has 0 saturated carbocycles. The lowest BCUT2D eigenvalue weighted by atomic mass is 10.1. The summed E-state index contributed by atoms with van der Waals surface area (Å²) in [7, 11) is 1.72. The van der Waals surface area contributed by atoms with Crippen molar-refractivity contribution in [2.45, 2.75) is 20.0 Å². The molecule has 2 N–H and O–H groups in total. The zero-order chi connectivity index (χ0) is 14.0. The largest absolute Gasteiger partial charge is 0.389 e. The average Bonchev–Trinajstić information content (AvgIpc) is 2.69. The number of nitrogens with one attached hydrogen (secondary N) is 1. The number of aromatic nitrogens is 2. The molecule has 0 radical (unpaired) electrons. The third-order valence-electron chi connectivity index (χ3n) is 2.89. The van der Waals surface area contributed by atoms with Crippen molar-refractivity contribution in [2.24, 2.45) is 7.05 Å². The number of benzene rings is 1. The zero-order valence-electron chi connectivity index (χ0n) is 11.2. The van der Waals surface area contributed by atoms with Gasteiger partial charge in [-0.15, -0.1) is 0 Å². The first-order chi connectivity index (χ1) is 8.99. The normalized spacial score (nSPS) is 12.2. The first-order valence-electron chi connectivity index (χ1n) is 6.08. The Balaban J connectivity index is 2.27. The average molecular weight is 259 g/mol. The van der Waals surface area contributed by atoms with Crippen LogP contribution < -0.4 is 5.32 Å². The smallest absolute Gasteiger partial charge is 0.273 e. The molecular formula is C14H17N3O2. The Kier molecular flexibility index (Phi) is 3.66. The van der Waals surface area contributed by atoms with Gasteiger partial charge in [0.2, 0.25) is 0 Å². The van der Waals surface area contributed by atoms with E-state index in [1.54, 1.807) is 32.2 Å². The Morgan fingerprint density at radius 1 is 1.42 bits per heavy atom. The Labute approximate surface area is 111 Å². The minimum Gasteiger partial charge on any atom is -0.389 e. The fraction of sp³-hybridized carbons (Fsp3) is 0.286. The van der Waals surface area contributed by atoms with Gasteiger partial charge in [-0.1, -0.05) is 18.2 Å². The van der Waals surface area contributed by atoms with Crippen LogP contribution in [0.25, 0.3) is 0 Å². The molecule has 1 heterocycles. The Morgan fingerprint density at radius 2 is 2.11 bits per heavy atom. The molecule has 5 heteroatoms. The molecule has 100 valence electrons. The highest BCUT2D eigenvalue weighted by Gasteiger charge is 2.14. The van der Waals surface area contributed by atoms with E-state index < -0.39 is 6.10 Å². The van der Waals surface area contributed by atoms with E-state index in [0.717, 1.165) is 5.69 Å². The van der Waals surface area contributed by atoms with Gasteiger partial charge in [-0.05, 0) is 26.0 Å². The van der Waals surface area contributed by atoms with Crippen LogP contribution in [-0.4, -0.2) is 20.8 Å². The number of amides is 1. The van der Waals surface area contributed by atoms with Gasteiger partial charge in [-0.3, -0.25) is 9.48 Å². The molecule has 2 aromatic rings. The summed E-state index contributed by atoms with van der Waals surface area (Å²) in [5.74, 6) is -0.240. The lowest BCUT2D eigenvalue weighted by molar-refractivity contribution is 0.101. The molecular weight excluding hydrogens is 242 g/mol. The van der Waals surface area contributed by atoms with Crippen LogP contribution in [0.5, 0.6) is 0 Å². The van der Waals surface area contributed by atoms with Gasteiger partial charge in [-0.2, -0.15) is 5.10 Å². The topological polar surface area (TPSA) is 67.2 Å². The Bertz CT molecular complexity index is 602. The molecule has 1 atom stereocenters. The Hall–Kier alpha value is -2.14. The number of hydrogen-bond donors (Lipinski definition) is 2. The molecule has 1 aromatic carbocycles. The highest BCUT2D eigenvalue weighted by Crippen LogP contribution is 2.22. The van der Waals surface area contributed by atoms with Gasteiger partial charge in [0.1, 0.15) is 5.69 Å². The molecule has 1 amide bonds. The molecule has 1 aromatic heterocycles. The highest BCUT2D eigenvalue weighted by atomic mass is 16.3. The van der Waals surface area contributed by atoms with Gasteiger partial charge >= 0.3 is 0 Å². The molecule has 1 unspecified atom stereocenters. The third-order valence-corrected chi connectivity index (χ3v) is 2.89. The van der Waals surface area contributed by atoms with Crippen molar-refractivity contribution in [2.75, 3.05) is 5.32 Å². The summed E-state index contributed by atoms with van der Waals surface area (Å²) in [6, 6.07) is 8.92. The number of aliphatic hydroxyl groups excluding tert-OH is 1. The minimum absolute atomic E-state index is 0.240. The van der Waals surface area contributed by atoms with Crippen LogP contribution in [-0.2, 0) is 7.05 Å². The van der Waals surface area contributed by atoms with Crippen LogP contribution >= 0.6 is 0 Å². The molecule has 19 heavy (non-hydrogen) atoms. The maximum atomic E-state index is 12.2. The summed E-state index contributed by atoms with van der Waals surface area (Å²) >= 11 is 0. The quantitative estimate of drug-likeness (QED) is 0.886. The van der Waals surface area contributed by atoms with Gasteiger partial charge in [0.15, 0.2) is 0 Å². The van der Waals surface area contributed by atoms with Gasteiger partial charge in [-0.25, -0.2) is 0 Å². The fourth-order valence-electron chi connectivity index (χ4n) is 1.98. The van der Waals surface area contributed by atoms with Crippen molar-refractivity contribution >= 4 is 11.6 Å². The standard InChI is InChI=1S/C14H17N3O2/c1-9-8-13(17(3)16-9)14(19)15-12-7-5-4-6-11(12)10(2)18/h4-8,10,18H,1-3H3,(H,15,19). The maximum Gasteiger partial charge on any atom is 0.273 e. The summed E-state index contributed by atoms with van der Waals surface area (Å²) < 4.78 is 1.54. The van der Waals surface area contributed by atoms with Crippen LogP contribution in [0.2, 0.25) is 0 Å². The number of carbonyl (C=O) groups is 1. The van der Waals surface area contributed by atoms with E-state index in [4.69, 9.17) is 0 Å². The number of nitrogens with zero attached hydrogens (tertiary/aromatic N) is 2. The van der Waals surface area contributed by atoms with E-state index in [1.165, 1.54) is 4.68 Å². The van der Waals surface area contributed by atoms with Crippen molar-refractivity contribution in [1.29, 1.82) is 0 Å². The lowest BCUT2D eigenvalue weighted by Crippen LogP contribution is -2.17. The van der Waals surface area contributed by atoms with Crippen LogP contribution in [0.3, 0.4) is 0 Å². The van der Waals surface area contributed by atoms with Crippen molar-refractivity contribution < 1.29 is 9.90 Å². The molecule has 0 bridgehead atoms. The van der Waals surface area contributed by atoms with E-state index >= 15 is 0 Å². The fourth-order valence-corrected chi connectivity index (χ4v) is 1.98. The zero-order valence-corrected chi connectivity index (χ0v) is 11.2. The van der Waals surface area contributed by atoms with E-state index in [-0.39, 0.29) is 5.91 Å². The molecule has 2 rings (SSSR count). The molecule has 0 aliphatic rings. The first kappa shape index (κ1) is 13.3. The number of aliphatic hydroxyl groups is 1. The van der Waals surface area contributed by atoms with E-state index in [2.05, 4.69) is 10.4 Å². The van der Waals surface area contributed by atoms with E-state index in [9.17, 15) is 9.90 Å². The number of anilines is 1. The second kappa shape index (κ2) is 5.24. The molecule has 0 spiro atoms. The summed E-state index contributed by atoms with van der Waals surface area (Å²) in [4.78, 5) is 12.2. The second-order valence-electron chi connectivity index (χ2n) is 4.51. The number of aryl methyl sites for hydroxylation is 2. The van der Waals surface area contributed by atoms with E-state index in [1.807, 2.05) is 19.1 Å². The van der Waals surface area contributed by atoms with Gasteiger partial charge in [0, 0.05) is 18.3 Å². The maximum absolute atomic E-state index is 12.2. The molecule has 5 nitrogen and oxygen atoms in total. The Morgan fingerprint density at radius 3 is 2.68 bits per heavy atom. The number of hydrogen-bond acceptors (Lipinski definition) is 3. The number of carbonyl (C=O) groups excluding carboxylic acids is 1. The molecule has 0 aliphatic carbocycles. The monoisotopic (exact) mass is 259 g/mol. The predicted molar refractivity (Wildman–Crippen MR) is 73.0 cm³/mol. The van der Waals surface area contributed by atoms with Gasteiger partial charge < -0.3 is 10.4 Å². The summed E-state index contributed by atoms with van der Waals surface area (Å²) in [6.45, 7) is 3.50. The van der Waals surface area contributed by atoms with Crippen molar-refractivity contribution in [3.8, 4) is 0 Å². The molecule has 0 saturated heterocycles. The summed E-state index contributed by atoms with van der Waals surface area (Å²) in [5, 5.41) is 16.6. The highest BCUT2D eigenvalue weighted by molar-refractivity contribution is 6.03. The molecule has 0 aliphatic heterocycles. The first-order valence-corrected chi connectivity index (χ1v) is 6.08. The molecule has 0 fully saturated rings. The second-order valence-corrected chi connectivity index (χ2v) is 4.51. The lowest BCUT2D eigenvalue weighted by Gasteiger charge is -2.12. The number of para-hydroxylation sites is 1. The third kappa shape index (κ3) is 2.82. The van der Waals surface area contributed by atoms with Gasteiger partial charge in [0.05, 0.1) is 11.8 Å². The summed E-state index contributed by atoms with van der Waals surface area (Å²) in [6.07, 6.45) is -0.634. The van der Waals surface area contributed by atoms with Crippen molar-refractivity contribution in [3.63, 3.8) is 0 Å². The number of rotatable bonds is 3. The van der Waals surface area contributed by atoms with Crippen LogP contribution in [0.4, 0.5) is 5.69 Å². The van der Waals surface area contributed by atoms with Gasteiger partial charge in [0.25, 0.3) is 5.91 Å². The van der Waals surface area contributed by atoms with Crippen LogP contribution in [0.15, 0.2) is 30.3 Å². The summed E-state index contributed by atoms with van der Waals surface area (Å²) in [5.41, 5.74) is 2.57. The van der Waals surface area contributed by atoms with Crippen molar-refractivity contribution in [1.82, 2.24) is 9.78 Å². The SMILES string of the molecule is Cc1cc(C(=O)Nc2ccccc2C(C)O)n(C)n1. The minimum atomic E-state index is -0.634. The van der Waals surface area contributed by atoms with Crippen LogP contribution in [0.1, 0.15) is 34.8 Å². The van der Waals surface area contributed by atoms with E-state index in [0.29, 0.717) is 16.9 Å². The van der Waals surface area contributed by atoms with Crippen LogP contribution in [0, 0.1) is 6.92 Å².